The van der Waals surface area contributed by atoms with Crippen molar-refractivity contribution in [2.75, 3.05) is 19.6 Å². The van der Waals surface area contributed by atoms with Gasteiger partial charge in [0.05, 0.1) is 0 Å². The van der Waals surface area contributed by atoms with Gasteiger partial charge < -0.3 is 10.2 Å². The van der Waals surface area contributed by atoms with Gasteiger partial charge in [0.1, 0.15) is 0 Å². The fourth-order valence-corrected chi connectivity index (χ4v) is 3.91. The molecule has 3 nitrogen and oxygen atoms in total. The van der Waals surface area contributed by atoms with E-state index in [9.17, 15) is 4.79 Å². The third-order valence-corrected chi connectivity index (χ3v) is 4.95. The van der Waals surface area contributed by atoms with E-state index >= 15 is 0 Å². The maximum atomic E-state index is 12.4. The van der Waals surface area contributed by atoms with Crippen LogP contribution in [0.1, 0.15) is 44.9 Å². The summed E-state index contributed by atoms with van der Waals surface area (Å²) >= 11 is 0. The van der Waals surface area contributed by atoms with Crippen molar-refractivity contribution in [2.24, 2.45) is 11.8 Å². The van der Waals surface area contributed by atoms with Gasteiger partial charge in [0.2, 0.25) is 5.91 Å². The van der Waals surface area contributed by atoms with Gasteiger partial charge >= 0.3 is 0 Å². The van der Waals surface area contributed by atoms with Crippen molar-refractivity contribution in [2.45, 2.75) is 51.0 Å². The van der Waals surface area contributed by atoms with E-state index in [1.54, 1.807) is 0 Å². The molecule has 3 heteroatoms. The third-order valence-electron chi connectivity index (χ3n) is 4.95. The van der Waals surface area contributed by atoms with Crippen LogP contribution in [0.15, 0.2) is 0 Å². The number of carbonyl (C=O) groups is 1. The van der Waals surface area contributed by atoms with Gasteiger partial charge in [-0.1, -0.05) is 19.3 Å². The zero-order valence-electron chi connectivity index (χ0n) is 10.7. The Kier molecular flexibility index (Phi) is 3.37. The van der Waals surface area contributed by atoms with Crippen molar-refractivity contribution >= 4 is 5.91 Å². The molecule has 17 heavy (non-hydrogen) atoms. The minimum atomic E-state index is 0.438. The minimum Gasteiger partial charge on any atom is -0.338 e. The van der Waals surface area contributed by atoms with Gasteiger partial charge in [-0.2, -0.15) is 0 Å². The van der Waals surface area contributed by atoms with E-state index in [0.717, 1.165) is 32.0 Å². The zero-order valence-corrected chi connectivity index (χ0v) is 10.7. The molecule has 3 aliphatic rings. The monoisotopic (exact) mass is 236 g/mol. The smallest absolute Gasteiger partial charge is 0.223 e. The molecule has 2 saturated heterocycles. The summed E-state index contributed by atoms with van der Waals surface area (Å²) in [5.41, 5.74) is 0. The highest BCUT2D eigenvalue weighted by Gasteiger charge is 2.40. The van der Waals surface area contributed by atoms with Crippen molar-refractivity contribution in [3.63, 3.8) is 0 Å². The molecule has 0 bridgehead atoms. The Morgan fingerprint density at radius 1 is 1.12 bits per heavy atom. The number of amides is 1. The highest BCUT2D eigenvalue weighted by Crippen LogP contribution is 2.31. The standard InChI is InChI=1S/C14H24N2O/c17-14(8-11-4-2-1-3-5-11)16-7-6-12-9-15-10-13(12)16/h11-13,15H,1-10H2/t12-,13+/m1/s1. The molecule has 3 fully saturated rings. The second kappa shape index (κ2) is 4.97. The molecule has 2 heterocycles. The Morgan fingerprint density at radius 2 is 1.94 bits per heavy atom. The second-order valence-electron chi connectivity index (χ2n) is 6.07. The summed E-state index contributed by atoms with van der Waals surface area (Å²) in [7, 11) is 0. The summed E-state index contributed by atoms with van der Waals surface area (Å²) in [4.78, 5) is 14.5. The quantitative estimate of drug-likeness (QED) is 0.792. The molecule has 1 amide bonds. The summed E-state index contributed by atoms with van der Waals surface area (Å²) in [5, 5.41) is 3.42. The molecule has 3 rings (SSSR count). The molecule has 2 aliphatic heterocycles. The van der Waals surface area contributed by atoms with E-state index < -0.39 is 0 Å². The van der Waals surface area contributed by atoms with Crippen LogP contribution in [0.3, 0.4) is 0 Å². The van der Waals surface area contributed by atoms with E-state index in [2.05, 4.69) is 10.2 Å². The van der Waals surface area contributed by atoms with Gasteiger partial charge in [-0.25, -0.2) is 0 Å². The first-order valence-electron chi connectivity index (χ1n) is 7.35. The highest BCUT2D eigenvalue weighted by molar-refractivity contribution is 5.77. The first-order chi connectivity index (χ1) is 8.34. The van der Waals surface area contributed by atoms with Crippen molar-refractivity contribution in [1.29, 1.82) is 0 Å². The Morgan fingerprint density at radius 3 is 2.76 bits per heavy atom. The molecule has 0 aromatic rings. The molecule has 0 radical (unpaired) electrons. The molecule has 1 saturated carbocycles. The molecule has 0 aromatic carbocycles. The van der Waals surface area contributed by atoms with Crippen molar-refractivity contribution in [3.8, 4) is 0 Å². The average molecular weight is 236 g/mol. The van der Waals surface area contributed by atoms with Gasteiger partial charge in [-0.3, -0.25) is 4.79 Å². The largest absolute Gasteiger partial charge is 0.338 e. The van der Waals surface area contributed by atoms with Crippen LogP contribution in [-0.4, -0.2) is 36.5 Å². The van der Waals surface area contributed by atoms with Crippen LogP contribution in [0.2, 0.25) is 0 Å². The molecule has 0 spiro atoms. The lowest BCUT2D eigenvalue weighted by atomic mass is 9.86. The fourth-order valence-electron chi connectivity index (χ4n) is 3.91. The Labute approximate surface area is 104 Å². The van der Waals surface area contributed by atoms with E-state index in [1.165, 1.54) is 38.5 Å². The Hall–Kier alpha value is -0.570. The SMILES string of the molecule is O=C(CC1CCCCC1)N1CC[C@@H]2CNC[C@@H]21. The summed E-state index contributed by atoms with van der Waals surface area (Å²) in [6.45, 7) is 3.17. The van der Waals surface area contributed by atoms with Crippen LogP contribution in [0, 0.1) is 11.8 Å². The lowest BCUT2D eigenvalue weighted by Gasteiger charge is -2.27. The minimum absolute atomic E-state index is 0.438. The fraction of sp³-hybridized carbons (Fsp3) is 0.929. The summed E-state index contributed by atoms with van der Waals surface area (Å²) in [5.74, 6) is 1.86. The molecule has 1 N–H and O–H groups in total. The Balaban J connectivity index is 1.55. The van der Waals surface area contributed by atoms with E-state index in [1.807, 2.05) is 0 Å². The van der Waals surface area contributed by atoms with Gasteiger partial charge in [0.15, 0.2) is 0 Å². The third kappa shape index (κ3) is 2.35. The number of nitrogens with zero attached hydrogens (tertiary/aromatic N) is 1. The van der Waals surface area contributed by atoms with Crippen molar-refractivity contribution < 1.29 is 4.79 Å². The number of fused-ring (bicyclic) bond motifs is 1. The van der Waals surface area contributed by atoms with Gasteiger partial charge in [0, 0.05) is 32.1 Å². The van der Waals surface area contributed by atoms with E-state index in [-0.39, 0.29) is 0 Å². The molecule has 0 aromatic heterocycles. The number of hydrogen-bond acceptors (Lipinski definition) is 2. The lowest BCUT2D eigenvalue weighted by molar-refractivity contribution is -0.133. The predicted molar refractivity (Wildman–Crippen MR) is 67.7 cm³/mol. The van der Waals surface area contributed by atoms with Crippen molar-refractivity contribution in [3.05, 3.63) is 0 Å². The summed E-state index contributed by atoms with van der Waals surface area (Å²) in [6.07, 6.45) is 8.66. The molecular formula is C14H24N2O. The van der Waals surface area contributed by atoms with Crippen LogP contribution in [-0.2, 0) is 4.79 Å². The van der Waals surface area contributed by atoms with Crippen LogP contribution in [0.5, 0.6) is 0 Å². The predicted octanol–water partition coefficient (Wildman–Crippen LogP) is 1.78. The average Bonchev–Trinajstić information content (AvgIpc) is 2.91. The second-order valence-corrected chi connectivity index (χ2v) is 6.07. The zero-order chi connectivity index (χ0) is 11.7. The normalized spacial score (nSPS) is 34.0. The number of hydrogen-bond donors (Lipinski definition) is 1. The number of likely N-dealkylation sites (tertiary alicyclic amines) is 1. The molecule has 1 aliphatic carbocycles. The number of carbonyl (C=O) groups excluding carboxylic acids is 1. The molecule has 2 atom stereocenters. The Bertz CT molecular complexity index is 286. The molecule has 96 valence electrons. The first-order valence-corrected chi connectivity index (χ1v) is 7.35. The van der Waals surface area contributed by atoms with Gasteiger partial charge in [-0.05, 0) is 31.1 Å². The van der Waals surface area contributed by atoms with Gasteiger partial charge in [0.25, 0.3) is 0 Å². The lowest BCUT2D eigenvalue weighted by Crippen LogP contribution is -2.39. The maximum Gasteiger partial charge on any atom is 0.223 e. The molecule has 0 unspecified atom stereocenters. The topological polar surface area (TPSA) is 32.3 Å². The number of nitrogens with one attached hydrogen (secondary N) is 1. The van der Waals surface area contributed by atoms with Gasteiger partial charge in [-0.15, -0.1) is 0 Å². The molecular weight excluding hydrogens is 212 g/mol. The summed E-state index contributed by atoms with van der Waals surface area (Å²) in [6, 6.07) is 0.520. The van der Waals surface area contributed by atoms with Crippen molar-refractivity contribution in [1.82, 2.24) is 10.2 Å². The van der Waals surface area contributed by atoms with Crippen LogP contribution < -0.4 is 5.32 Å². The summed E-state index contributed by atoms with van der Waals surface area (Å²) < 4.78 is 0. The maximum absolute atomic E-state index is 12.4. The van der Waals surface area contributed by atoms with E-state index in [4.69, 9.17) is 0 Å². The highest BCUT2D eigenvalue weighted by atomic mass is 16.2. The first kappa shape index (κ1) is 11.5. The van der Waals surface area contributed by atoms with Crippen LogP contribution in [0.4, 0.5) is 0 Å². The van der Waals surface area contributed by atoms with Crippen LogP contribution in [0.25, 0.3) is 0 Å². The number of rotatable bonds is 2. The van der Waals surface area contributed by atoms with E-state index in [0.29, 0.717) is 17.9 Å². The van der Waals surface area contributed by atoms with Crippen LogP contribution >= 0.6 is 0 Å².